The van der Waals surface area contributed by atoms with Crippen LogP contribution in [-0.4, -0.2) is 26.1 Å². The zero-order chi connectivity index (χ0) is 17.9. The summed E-state index contributed by atoms with van der Waals surface area (Å²) in [6.07, 6.45) is 0. The van der Waals surface area contributed by atoms with Gasteiger partial charge in [-0.2, -0.15) is 5.26 Å². The van der Waals surface area contributed by atoms with Crippen molar-refractivity contribution in [3.05, 3.63) is 35.9 Å². The van der Waals surface area contributed by atoms with Gasteiger partial charge >= 0.3 is 11.6 Å². The summed E-state index contributed by atoms with van der Waals surface area (Å²) in [7, 11) is 3.00. The molecule has 24 heavy (non-hydrogen) atoms. The minimum Gasteiger partial charge on any atom is -0.497 e. The molecule has 2 aromatic rings. The Bertz CT molecular complexity index is 856. The number of primary amides is 1. The molecule has 2 rings (SSSR count). The first-order valence-electron chi connectivity index (χ1n) is 6.95. The molecule has 7 heteroatoms. The van der Waals surface area contributed by atoms with E-state index in [0.29, 0.717) is 22.3 Å². The lowest BCUT2D eigenvalue weighted by Gasteiger charge is -2.25. The number of nitrogens with zero attached hydrogens (tertiary/aromatic N) is 1. The first kappa shape index (κ1) is 17.1. The topological polar surface area (TPSA) is 112 Å². The van der Waals surface area contributed by atoms with Crippen LogP contribution in [0.1, 0.15) is 12.5 Å². The average molecular weight is 328 g/mol. The lowest BCUT2D eigenvalue weighted by molar-refractivity contribution is -0.160. The van der Waals surface area contributed by atoms with E-state index >= 15 is 0 Å². The maximum atomic E-state index is 12.0. The average Bonchev–Trinajstić information content (AvgIpc) is 2.57. The Morgan fingerprint density at radius 2 is 1.83 bits per heavy atom. The lowest BCUT2D eigenvalue weighted by Crippen LogP contribution is -2.43. The van der Waals surface area contributed by atoms with Crippen molar-refractivity contribution >= 4 is 22.6 Å². The minimum atomic E-state index is -2.23. The fourth-order valence-corrected chi connectivity index (χ4v) is 2.50. The Labute approximate surface area is 138 Å². The molecular formula is C17H16N2O5. The molecule has 2 N–H and O–H groups in total. The molecule has 0 spiro atoms. The van der Waals surface area contributed by atoms with Crippen LogP contribution in [0.4, 0.5) is 0 Å². The van der Waals surface area contributed by atoms with Gasteiger partial charge in [0.05, 0.1) is 14.2 Å². The molecule has 0 saturated carbocycles. The Kier molecular flexibility index (Phi) is 4.60. The first-order valence-corrected chi connectivity index (χ1v) is 6.95. The number of esters is 1. The van der Waals surface area contributed by atoms with Crippen LogP contribution < -0.4 is 15.2 Å². The summed E-state index contributed by atoms with van der Waals surface area (Å²) in [4.78, 5) is 23.4. The highest BCUT2D eigenvalue weighted by Crippen LogP contribution is 2.37. The minimum absolute atomic E-state index is 0.158. The van der Waals surface area contributed by atoms with Crippen molar-refractivity contribution in [3.8, 4) is 17.6 Å². The zero-order valence-corrected chi connectivity index (χ0v) is 13.5. The maximum absolute atomic E-state index is 12.0. The Balaban J connectivity index is 2.87. The Morgan fingerprint density at radius 3 is 2.33 bits per heavy atom. The van der Waals surface area contributed by atoms with Gasteiger partial charge in [0.2, 0.25) is 0 Å². The molecule has 0 aliphatic heterocycles. The van der Waals surface area contributed by atoms with Crippen LogP contribution in [0.25, 0.3) is 10.8 Å². The summed E-state index contributed by atoms with van der Waals surface area (Å²) in [5.41, 5.74) is 3.31. The highest BCUT2D eigenvalue weighted by Gasteiger charge is 2.44. The number of hydrogen-bond acceptors (Lipinski definition) is 6. The SMILES string of the molecule is COc1ccc2c(C(C#N)(OC(C)=O)C(N)=O)ccc(OC)c2c1. The Hall–Kier alpha value is -3.27. The molecule has 0 aliphatic carbocycles. The van der Waals surface area contributed by atoms with Gasteiger partial charge in [0, 0.05) is 17.9 Å². The number of hydrogen-bond donors (Lipinski definition) is 1. The maximum Gasteiger partial charge on any atom is 0.304 e. The van der Waals surface area contributed by atoms with Gasteiger partial charge in [-0.05, 0) is 29.7 Å². The van der Waals surface area contributed by atoms with E-state index < -0.39 is 17.5 Å². The predicted octanol–water partition coefficient (Wildman–Crippen LogP) is 1.62. The molecule has 0 heterocycles. The molecule has 1 amide bonds. The highest BCUT2D eigenvalue weighted by molar-refractivity contribution is 6.00. The molecule has 7 nitrogen and oxygen atoms in total. The molecule has 1 atom stereocenters. The van der Waals surface area contributed by atoms with E-state index in [4.69, 9.17) is 19.9 Å². The summed E-state index contributed by atoms with van der Waals surface area (Å²) >= 11 is 0. The third kappa shape index (κ3) is 2.70. The van der Waals surface area contributed by atoms with Crippen LogP contribution in [-0.2, 0) is 19.9 Å². The molecule has 1 unspecified atom stereocenters. The number of carbonyl (C=O) groups is 2. The van der Waals surface area contributed by atoms with Gasteiger partial charge in [0.15, 0.2) is 0 Å². The molecule has 0 saturated heterocycles. The number of amides is 1. The van der Waals surface area contributed by atoms with Gasteiger partial charge in [-0.15, -0.1) is 0 Å². The fourth-order valence-electron chi connectivity index (χ4n) is 2.50. The second-order valence-corrected chi connectivity index (χ2v) is 4.98. The highest BCUT2D eigenvalue weighted by atomic mass is 16.6. The monoisotopic (exact) mass is 328 g/mol. The van der Waals surface area contributed by atoms with Crippen molar-refractivity contribution in [1.82, 2.24) is 0 Å². The zero-order valence-electron chi connectivity index (χ0n) is 13.5. The van der Waals surface area contributed by atoms with Gasteiger partial charge in [-0.25, -0.2) is 0 Å². The van der Waals surface area contributed by atoms with E-state index in [1.54, 1.807) is 30.3 Å². The van der Waals surface area contributed by atoms with Gasteiger partial charge in [0.1, 0.15) is 17.6 Å². The van der Waals surface area contributed by atoms with E-state index in [1.165, 1.54) is 20.3 Å². The number of fused-ring (bicyclic) bond motifs is 1. The second-order valence-electron chi connectivity index (χ2n) is 4.98. The van der Waals surface area contributed by atoms with E-state index in [9.17, 15) is 14.9 Å². The van der Waals surface area contributed by atoms with Gasteiger partial charge in [0.25, 0.3) is 5.91 Å². The summed E-state index contributed by atoms with van der Waals surface area (Å²) in [5, 5.41) is 10.6. The predicted molar refractivity (Wildman–Crippen MR) is 85.3 cm³/mol. The van der Waals surface area contributed by atoms with Crippen LogP contribution in [0.15, 0.2) is 30.3 Å². The summed E-state index contributed by atoms with van der Waals surface area (Å²) < 4.78 is 15.5. The molecular weight excluding hydrogens is 312 g/mol. The number of ether oxygens (including phenoxy) is 3. The van der Waals surface area contributed by atoms with Crippen LogP contribution in [0.3, 0.4) is 0 Å². The molecule has 124 valence electrons. The summed E-state index contributed by atoms with van der Waals surface area (Å²) in [5.74, 6) is -0.811. The van der Waals surface area contributed by atoms with E-state index in [2.05, 4.69) is 0 Å². The Morgan fingerprint density at radius 1 is 1.12 bits per heavy atom. The van der Waals surface area contributed by atoms with E-state index in [-0.39, 0.29) is 5.56 Å². The van der Waals surface area contributed by atoms with Crippen LogP contribution >= 0.6 is 0 Å². The van der Waals surface area contributed by atoms with Crippen molar-refractivity contribution in [2.75, 3.05) is 14.2 Å². The molecule has 0 radical (unpaired) electrons. The van der Waals surface area contributed by atoms with Crippen molar-refractivity contribution < 1.29 is 23.8 Å². The van der Waals surface area contributed by atoms with Crippen LogP contribution in [0.2, 0.25) is 0 Å². The number of methoxy groups -OCH3 is 2. The van der Waals surface area contributed by atoms with Crippen molar-refractivity contribution in [1.29, 1.82) is 5.26 Å². The summed E-state index contributed by atoms with van der Waals surface area (Å²) in [6.45, 7) is 1.10. The van der Waals surface area contributed by atoms with Gasteiger partial charge < -0.3 is 19.9 Å². The first-order chi connectivity index (χ1) is 11.4. The van der Waals surface area contributed by atoms with Crippen LogP contribution in [0.5, 0.6) is 11.5 Å². The van der Waals surface area contributed by atoms with E-state index in [1.807, 2.05) is 0 Å². The number of carbonyl (C=O) groups excluding carboxylic acids is 2. The molecule has 0 aromatic heterocycles. The third-order valence-corrected chi connectivity index (χ3v) is 3.58. The number of rotatable bonds is 5. The quantitative estimate of drug-likeness (QED) is 0.835. The number of benzene rings is 2. The fraction of sp³-hybridized carbons (Fsp3) is 0.235. The number of nitrogens with two attached hydrogens (primary N) is 1. The normalized spacial score (nSPS) is 12.8. The lowest BCUT2D eigenvalue weighted by atomic mass is 9.89. The molecule has 0 bridgehead atoms. The second kappa shape index (κ2) is 6.46. The molecule has 0 fully saturated rings. The van der Waals surface area contributed by atoms with Crippen molar-refractivity contribution in [2.24, 2.45) is 5.73 Å². The van der Waals surface area contributed by atoms with Gasteiger partial charge in [-0.3, -0.25) is 9.59 Å². The molecule has 0 aliphatic rings. The summed E-state index contributed by atoms with van der Waals surface area (Å²) in [6, 6.07) is 9.76. The van der Waals surface area contributed by atoms with Gasteiger partial charge in [-0.1, -0.05) is 6.07 Å². The van der Waals surface area contributed by atoms with Crippen molar-refractivity contribution in [3.63, 3.8) is 0 Å². The van der Waals surface area contributed by atoms with E-state index in [0.717, 1.165) is 6.92 Å². The number of nitriles is 1. The standard InChI is InChI=1S/C17H16N2O5/c1-10(20)24-17(9-18,16(19)21)14-6-7-15(23-3)13-8-11(22-2)4-5-12(13)14/h4-8H,1-3H3,(H2,19,21). The smallest absolute Gasteiger partial charge is 0.304 e. The molecule has 2 aromatic carbocycles. The van der Waals surface area contributed by atoms with Crippen LogP contribution in [0, 0.1) is 11.3 Å². The van der Waals surface area contributed by atoms with Crippen molar-refractivity contribution in [2.45, 2.75) is 12.5 Å². The third-order valence-electron chi connectivity index (χ3n) is 3.58. The largest absolute Gasteiger partial charge is 0.497 e.